The summed E-state index contributed by atoms with van der Waals surface area (Å²) < 4.78 is 0. The maximum Gasteiger partial charge on any atom is -0.00363 e. The number of benzene rings is 2. The zero-order valence-corrected chi connectivity index (χ0v) is 63.9. The van der Waals surface area contributed by atoms with E-state index in [9.17, 15) is 0 Å². The van der Waals surface area contributed by atoms with Gasteiger partial charge in [0, 0.05) is 0 Å². The first-order valence-electron chi connectivity index (χ1n) is 36.1. The first-order valence-corrected chi connectivity index (χ1v) is 36.1. The lowest BCUT2D eigenvalue weighted by Crippen LogP contribution is -2.26. The molecule has 5 aliphatic carbocycles. The Hall–Kier alpha value is -6.76. The summed E-state index contributed by atoms with van der Waals surface area (Å²) in [6, 6.07) is 15.2. The van der Waals surface area contributed by atoms with E-state index >= 15 is 0 Å². The zero-order chi connectivity index (χ0) is 70.7. The van der Waals surface area contributed by atoms with Gasteiger partial charge in [-0.15, -0.1) is 6.58 Å². The predicted molar refractivity (Wildman–Crippen MR) is 430 cm³/mol. The van der Waals surface area contributed by atoms with Crippen molar-refractivity contribution in [2.45, 2.75) is 209 Å². The maximum atomic E-state index is 4.02. The molecule has 94 heavy (non-hydrogen) atoms. The minimum atomic E-state index is 0.475. The monoisotopic (exact) mass is 1270 g/mol. The van der Waals surface area contributed by atoms with Gasteiger partial charge in [0.1, 0.15) is 0 Å². The molecule has 0 saturated heterocycles. The highest BCUT2D eigenvalue weighted by Gasteiger charge is 2.31. The lowest BCUT2D eigenvalue weighted by molar-refractivity contribution is 0.314. The highest BCUT2D eigenvalue weighted by Crippen LogP contribution is 2.42. The standard InChI is InChI=1S/C22H30.C20H30.C17H22.C15H16.C8H14.C7H12.C5H12/c1-16-4-10-19(11-5-16)22(20-12-6-17(2)7-13-20)21-14-8-18(3)9-15-21;1-14(2)16(5)9-8-10-20(15(3)4)19-12-11-17(6)18(7)13-19;1-13(2)14(3)8-6-7-9-17-11-10-15(4)16(5)12-17;1-12-3-7-14(8-4-12)11-15-9-5-13(2)6-10-15;1-4-6-8(3)7-5-2;1-4-5-6-7(2)3;1-4-5(2)3/h4-6,8,10,12-14,17-19,21-22H,7,9,11,15H2,1-3H3;8-9,11-13,15-16,20H,1,10H2,2-7H3;6-9,11-12,15H,1,3,10H2,2,4-5H3;3-5,7-11,13H,1,6H2,2H3;4-5,7-8H,1,6H2,2-3H3;4-6H,1-3H3;5H,4H2,1-3H3/b;9-8-;8-6-,9-7+;;7-5+;5-4-;. The van der Waals surface area contributed by atoms with Gasteiger partial charge in [0.15, 0.2) is 0 Å². The second-order valence-corrected chi connectivity index (χ2v) is 28.6. The molecule has 7 rings (SSSR count). The second kappa shape index (κ2) is 48.9. The summed E-state index contributed by atoms with van der Waals surface area (Å²) in [7, 11) is 0. The largest absolute Gasteiger partial charge is 0.103 e. The molecule has 2 aromatic carbocycles. The summed E-state index contributed by atoms with van der Waals surface area (Å²) in [4.78, 5) is 0. The van der Waals surface area contributed by atoms with Crippen LogP contribution in [0.1, 0.15) is 212 Å². The molecular weight excluding hydrogens is 1130 g/mol. The van der Waals surface area contributed by atoms with Crippen LogP contribution < -0.4 is 10.4 Å². The van der Waals surface area contributed by atoms with E-state index in [1.165, 1.54) is 87.5 Å². The Morgan fingerprint density at radius 3 is 1.76 bits per heavy atom. The van der Waals surface area contributed by atoms with Gasteiger partial charge in [0.05, 0.1) is 0 Å². The Kier molecular flexibility index (Phi) is 44.3. The molecule has 10 unspecified atom stereocenters. The lowest BCUT2D eigenvalue weighted by atomic mass is 9.69. The van der Waals surface area contributed by atoms with E-state index in [0.29, 0.717) is 59.2 Å². The lowest BCUT2D eigenvalue weighted by Gasteiger charge is -2.36. The molecule has 0 amide bonds. The molecule has 0 fully saturated rings. The Bertz CT molecular complexity index is 3170. The summed E-state index contributed by atoms with van der Waals surface area (Å²) >= 11 is 0. The molecule has 0 N–H and O–H groups in total. The van der Waals surface area contributed by atoms with Crippen LogP contribution in [0.3, 0.4) is 0 Å². The van der Waals surface area contributed by atoms with Crippen LogP contribution in [0.15, 0.2) is 271 Å². The third-order valence-electron chi connectivity index (χ3n) is 18.2. The second-order valence-electron chi connectivity index (χ2n) is 28.6. The van der Waals surface area contributed by atoms with E-state index in [1.807, 2.05) is 63.3 Å². The van der Waals surface area contributed by atoms with E-state index in [0.717, 1.165) is 53.9 Å². The van der Waals surface area contributed by atoms with E-state index in [1.54, 1.807) is 5.57 Å². The van der Waals surface area contributed by atoms with Gasteiger partial charge < -0.3 is 0 Å². The summed E-state index contributed by atoms with van der Waals surface area (Å²) in [6.07, 6.45) is 69.1. The molecule has 0 bridgehead atoms. The Morgan fingerprint density at radius 2 is 1.28 bits per heavy atom. The van der Waals surface area contributed by atoms with Crippen LogP contribution in [0.5, 0.6) is 0 Å². The molecule has 0 aliphatic heterocycles. The number of hydrogen-bond donors (Lipinski definition) is 0. The fourth-order valence-electron chi connectivity index (χ4n) is 10.7. The Labute approximate surface area is 581 Å². The summed E-state index contributed by atoms with van der Waals surface area (Å²) in [5, 5.41) is 2.31. The minimum Gasteiger partial charge on any atom is -0.103 e. The topological polar surface area (TPSA) is 0 Å². The first-order chi connectivity index (χ1) is 44.5. The van der Waals surface area contributed by atoms with Crippen molar-refractivity contribution in [3.8, 4) is 0 Å². The van der Waals surface area contributed by atoms with Crippen LogP contribution in [0.2, 0.25) is 0 Å². The maximum absolute atomic E-state index is 4.02. The van der Waals surface area contributed by atoms with Crippen LogP contribution in [-0.2, 0) is 0 Å². The van der Waals surface area contributed by atoms with Gasteiger partial charge in [-0.2, -0.15) is 0 Å². The van der Waals surface area contributed by atoms with Gasteiger partial charge in [0.25, 0.3) is 0 Å². The molecule has 512 valence electrons. The molecule has 0 nitrogen and oxygen atoms in total. The molecule has 2 aromatic rings. The minimum absolute atomic E-state index is 0.475. The van der Waals surface area contributed by atoms with Crippen molar-refractivity contribution in [2.24, 2.45) is 65.1 Å². The van der Waals surface area contributed by atoms with Crippen LogP contribution in [0.25, 0.3) is 12.7 Å². The normalized spacial score (nSPS) is 20.9. The van der Waals surface area contributed by atoms with E-state index < -0.39 is 0 Å². The molecule has 0 aromatic heterocycles. The van der Waals surface area contributed by atoms with Gasteiger partial charge in [-0.1, -0.05) is 331 Å². The van der Waals surface area contributed by atoms with Crippen molar-refractivity contribution in [3.05, 3.63) is 298 Å². The SMILES string of the molecule is C/C=C\C=C(C)C.C=C(C)C(=C)/C=C\C=C\C1=CCC(C)C(C)=C1.C=C(C)C(C)/C=C\CC(c1ccc(C)c(C)c1)C(C)C.C=CCC(C)/C=C/C.C=c1ccc(=CC2=CCC(C)C=C2)cc1.CC1=CCC(C(C2=CCC(C)C=C2)C2C=CC(C)CC2)C=C1.CCC(C)C. The summed E-state index contributed by atoms with van der Waals surface area (Å²) in [5.74, 6) is 8.15. The zero-order valence-electron chi connectivity index (χ0n) is 63.9. The van der Waals surface area contributed by atoms with Crippen LogP contribution >= 0.6 is 0 Å². The van der Waals surface area contributed by atoms with Crippen LogP contribution in [-0.4, -0.2) is 0 Å². The molecule has 5 aliphatic rings. The molecule has 0 radical (unpaired) electrons. The van der Waals surface area contributed by atoms with Gasteiger partial charge in [-0.05, 0) is 247 Å². The average Bonchev–Trinajstić information content (AvgIpc) is 0.827. The highest BCUT2D eigenvalue weighted by molar-refractivity contribution is 5.54. The first kappa shape index (κ1) is 85.3. The van der Waals surface area contributed by atoms with Crippen molar-refractivity contribution in [2.75, 3.05) is 0 Å². The van der Waals surface area contributed by atoms with Gasteiger partial charge in [0.2, 0.25) is 0 Å². The van der Waals surface area contributed by atoms with Crippen molar-refractivity contribution >= 4 is 12.7 Å². The number of hydrogen-bond acceptors (Lipinski definition) is 0. The van der Waals surface area contributed by atoms with E-state index in [4.69, 9.17) is 0 Å². The van der Waals surface area contributed by atoms with E-state index in [-0.39, 0.29) is 0 Å². The van der Waals surface area contributed by atoms with Gasteiger partial charge in [-0.3, -0.25) is 0 Å². The fourth-order valence-corrected chi connectivity index (χ4v) is 10.7. The van der Waals surface area contributed by atoms with Crippen molar-refractivity contribution in [1.29, 1.82) is 0 Å². The molecule has 0 heteroatoms. The number of rotatable bonds is 19. The van der Waals surface area contributed by atoms with Gasteiger partial charge in [-0.25, -0.2) is 0 Å². The summed E-state index contributed by atoms with van der Waals surface area (Å²) in [6.45, 7) is 65.2. The van der Waals surface area contributed by atoms with Crippen LogP contribution in [0.4, 0.5) is 0 Å². The Morgan fingerprint density at radius 1 is 0.628 bits per heavy atom. The molecule has 0 spiro atoms. The molecule has 0 heterocycles. The quantitative estimate of drug-likeness (QED) is 0.0971. The molecule has 10 atom stereocenters. The predicted octanol–water partition coefficient (Wildman–Crippen LogP) is 27.4. The third-order valence-corrected chi connectivity index (χ3v) is 18.2. The fraction of sp³-hybridized carbons (Fsp3) is 0.447. The number of aryl methyl sites for hydroxylation is 2. The highest BCUT2D eigenvalue weighted by atomic mass is 14.4. The summed E-state index contributed by atoms with van der Waals surface area (Å²) in [5.41, 5.74) is 15.9. The third kappa shape index (κ3) is 38.0. The van der Waals surface area contributed by atoms with Crippen molar-refractivity contribution in [1.82, 2.24) is 0 Å². The average molecular weight is 1270 g/mol. The van der Waals surface area contributed by atoms with E-state index in [2.05, 4.69) is 315 Å². The number of allylic oxidation sites excluding steroid dienone is 34. The van der Waals surface area contributed by atoms with Crippen molar-refractivity contribution < 1.29 is 0 Å². The smallest absolute Gasteiger partial charge is 0.00363 e. The van der Waals surface area contributed by atoms with Crippen molar-refractivity contribution in [3.63, 3.8) is 0 Å². The van der Waals surface area contributed by atoms with Crippen LogP contribution in [0, 0.1) is 78.9 Å². The Balaban J connectivity index is 0.000000574. The van der Waals surface area contributed by atoms with Gasteiger partial charge >= 0.3 is 0 Å². The molecule has 0 saturated carbocycles. The molecular formula is C94H136.